The summed E-state index contributed by atoms with van der Waals surface area (Å²) in [4.78, 5) is 27.3. The van der Waals surface area contributed by atoms with Gasteiger partial charge in [0.2, 0.25) is 11.8 Å². The highest BCUT2D eigenvalue weighted by atomic mass is 79.9. The summed E-state index contributed by atoms with van der Waals surface area (Å²) in [5.41, 5.74) is 1.87. The Hall–Kier alpha value is -1.40. The minimum Gasteiger partial charge on any atom is -0.341 e. The molecular formula is C16H24BrN3O2. The molecule has 6 heteroatoms. The van der Waals surface area contributed by atoms with Crippen molar-refractivity contribution in [2.45, 2.75) is 20.3 Å². The van der Waals surface area contributed by atoms with Gasteiger partial charge in [0.15, 0.2) is 0 Å². The Bertz CT molecular complexity index is 532. The quantitative estimate of drug-likeness (QED) is 0.803. The minimum absolute atomic E-state index is 0.00673. The topological polar surface area (TPSA) is 52.7 Å². The SMILES string of the molecule is CC(=O)N(CCC(=O)Nc1ccc(C)c(Br)c1)CCN(C)C. The summed E-state index contributed by atoms with van der Waals surface area (Å²) in [6.45, 7) is 5.37. The Morgan fingerprint density at radius 1 is 1.18 bits per heavy atom. The second kappa shape index (κ2) is 8.90. The zero-order valence-electron chi connectivity index (χ0n) is 13.6. The maximum Gasteiger partial charge on any atom is 0.226 e. The molecule has 1 N–H and O–H groups in total. The summed E-state index contributed by atoms with van der Waals surface area (Å²) in [5.74, 6) is -0.0976. The standard InChI is InChI=1S/C16H24BrN3O2/c1-12-5-6-14(11-15(12)17)18-16(22)7-8-20(13(2)21)10-9-19(3)4/h5-6,11H,7-10H2,1-4H3,(H,18,22). The third-order valence-corrected chi connectivity index (χ3v) is 4.18. The highest BCUT2D eigenvalue weighted by molar-refractivity contribution is 9.10. The van der Waals surface area contributed by atoms with Crippen LogP contribution < -0.4 is 5.32 Å². The molecule has 122 valence electrons. The molecule has 1 aromatic carbocycles. The summed E-state index contributed by atoms with van der Waals surface area (Å²) in [7, 11) is 3.92. The number of likely N-dealkylation sites (N-methyl/N-ethyl adjacent to an activating group) is 1. The Morgan fingerprint density at radius 3 is 2.41 bits per heavy atom. The lowest BCUT2D eigenvalue weighted by Gasteiger charge is -2.22. The molecule has 0 spiro atoms. The van der Waals surface area contributed by atoms with Crippen molar-refractivity contribution < 1.29 is 9.59 Å². The smallest absolute Gasteiger partial charge is 0.226 e. The number of amides is 2. The fraction of sp³-hybridized carbons (Fsp3) is 0.500. The van der Waals surface area contributed by atoms with Crippen molar-refractivity contribution in [2.24, 2.45) is 0 Å². The maximum atomic E-state index is 12.0. The zero-order valence-corrected chi connectivity index (χ0v) is 15.2. The molecule has 0 saturated heterocycles. The van der Waals surface area contributed by atoms with Crippen LogP contribution in [0.1, 0.15) is 18.9 Å². The number of anilines is 1. The summed E-state index contributed by atoms with van der Waals surface area (Å²) >= 11 is 3.44. The van der Waals surface area contributed by atoms with Gasteiger partial charge in [-0.1, -0.05) is 22.0 Å². The number of rotatable bonds is 7. The molecule has 1 rings (SSSR count). The van der Waals surface area contributed by atoms with E-state index in [-0.39, 0.29) is 11.8 Å². The van der Waals surface area contributed by atoms with Crippen LogP contribution in [-0.4, -0.2) is 55.3 Å². The van der Waals surface area contributed by atoms with Crippen LogP contribution in [0.5, 0.6) is 0 Å². The van der Waals surface area contributed by atoms with Crippen molar-refractivity contribution in [1.82, 2.24) is 9.80 Å². The molecule has 0 aromatic heterocycles. The van der Waals surface area contributed by atoms with Crippen molar-refractivity contribution >= 4 is 33.4 Å². The first-order chi connectivity index (χ1) is 10.3. The molecule has 22 heavy (non-hydrogen) atoms. The van der Waals surface area contributed by atoms with Gasteiger partial charge < -0.3 is 15.1 Å². The first-order valence-electron chi connectivity index (χ1n) is 7.26. The van der Waals surface area contributed by atoms with Gasteiger partial charge in [-0.3, -0.25) is 9.59 Å². The summed E-state index contributed by atoms with van der Waals surface area (Å²) in [6, 6.07) is 5.69. The molecule has 0 aliphatic carbocycles. The van der Waals surface area contributed by atoms with Crippen LogP contribution in [-0.2, 0) is 9.59 Å². The van der Waals surface area contributed by atoms with Gasteiger partial charge in [-0.25, -0.2) is 0 Å². The second-order valence-corrected chi connectivity index (χ2v) is 6.43. The van der Waals surface area contributed by atoms with Crippen LogP contribution in [0.4, 0.5) is 5.69 Å². The van der Waals surface area contributed by atoms with E-state index in [0.29, 0.717) is 19.5 Å². The van der Waals surface area contributed by atoms with E-state index < -0.39 is 0 Å². The average molecular weight is 370 g/mol. The number of nitrogens with zero attached hydrogens (tertiary/aromatic N) is 2. The first kappa shape index (κ1) is 18.6. The van der Waals surface area contributed by atoms with Gasteiger partial charge in [0.25, 0.3) is 0 Å². The van der Waals surface area contributed by atoms with Gasteiger partial charge >= 0.3 is 0 Å². The highest BCUT2D eigenvalue weighted by Gasteiger charge is 2.11. The van der Waals surface area contributed by atoms with E-state index in [4.69, 9.17) is 0 Å². The van der Waals surface area contributed by atoms with Crippen molar-refractivity contribution in [3.8, 4) is 0 Å². The molecule has 2 amide bonds. The number of carbonyl (C=O) groups is 2. The zero-order chi connectivity index (χ0) is 16.7. The van der Waals surface area contributed by atoms with Gasteiger partial charge in [-0.05, 0) is 38.7 Å². The lowest BCUT2D eigenvalue weighted by Crippen LogP contribution is -2.37. The second-order valence-electron chi connectivity index (χ2n) is 5.57. The molecule has 5 nitrogen and oxygen atoms in total. The van der Waals surface area contributed by atoms with Crippen LogP contribution in [0.3, 0.4) is 0 Å². The van der Waals surface area contributed by atoms with E-state index in [1.54, 1.807) is 4.90 Å². The maximum absolute atomic E-state index is 12.0. The number of hydrogen-bond donors (Lipinski definition) is 1. The van der Waals surface area contributed by atoms with Gasteiger partial charge in [0.1, 0.15) is 0 Å². The van der Waals surface area contributed by atoms with Gasteiger partial charge in [0.05, 0.1) is 0 Å². The van der Waals surface area contributed by atoms with Crippen LogP contribution in [0.15, 0.2) is 22.7 Å². The van der Waals surface area contributed by atoms with Crippen LogP contribution in [0.25, 0.3) is 0 Å². The number of carbonyl (C=O) groups excluding carboxylic acids is 2. The number of nitrogens with one attached hydrogen (secondary N) is 1. The molecule has 1 aromatic rings. The third-order valence-electron chi connectivity index (χ3n) is 3.33. The summed E-state index contributed by atoms with van der Waals surface area (Å²) in [6.07, 6.45) is 0.290. The number of halogens is 1. The fourth-order valence-corrected chi connectivity index (χ4v) is 2.26. The van der Waals surface area contributed by atoms with Gasteiger partial charge in [-0.2, -0.15) is 0 Å². The number of aryl methyl sites for hydroxylation is 1. The predicted molar refractivity (Wildman–Crippen MR) is 92.9 cm³/mol. The van der Waals surface area contributed by atoms with Crippen molar-refractivity contribution in [2.75, 3.05) is 39.0 Å². The van der Waals surface area contributed by atoms with Crippen LogP contribution in [0, 0.1) is 6.92 Å². The summed E-state index contributed by atoms with van der Waals surface area (Å²) < 4.78 is 0.960. The Morgan fingerprint density at radius 2 is 1.86 bits per heavy atom. The molecule has 0 atom stereocenters. The molecule has 0 aliphatic heterocycles. The predicted octanol–water partition coefficient (Wildman–Crippen LogP) is 2.50. The molecule has 0 fully saturated rings. The Kier molecular flexibility index (Phi) is 7.55. The van der Waals surface area contributed by atoms with E-state index in [9.17, 15) is 9.59 Å². The van der Waals surface area contributed by atoms with Crippen molar-refractivity contribution in [1.29, 1.82) is 0 Å². The monoisotopic (exact) mass is 369 g/mol. The van der Waals surface area contributed by atoms with Crippen LogP contribution >= 0.6 is 15.9 Å². The molecule has 0 bridgehead atoms. The van der Waals surface area contributed by atoms with Crippen molar-refractivity contribution in [3.63, 3.8) is 0 Å². The summed E-state index contributed by atoms with van der Waals surface area (Å²) in [5, 5.41) is 2.85. The van der Waals surface area contributed by atoms with Crippen molar-refractivity contribution in [3.05, 3.63) is 28.2 Å². The first-order valence-corrected chi connectivity index (χ1v) is 8.05. The Labute approximate surface area is 140 Å². The molecule has 0 unspecified atom stereocenters. The third kappa shape index (κ3) is 6.58. The van der Waals surface area contributed by atoms with Crippen LogP contribution in [0.2, 0.25) is 0 Å². The molecule has 0 heterocycles. The van der Waals surface area contributed by atoms with Gasteiger partial charge in [0, 0.05) is 43.1 Å². The van der Waals surface area contributed by atoms with E-state index in [2.05, 4.69) is 21.2 Å². The number of hydrogen-bond acceptors (Lipinski definition) is 3. The number of benzene rings is 1. The lowest BCUT2D eigenvalue weighted by atomic mass is 10.2. The molecule has 0 saturated carbocycles. The molecule has 0 radical (unpaired) electrons. The Balaban J connectivity index is 2.49. The molecular weight excluding hydrogens is 346 g/mol. The molecule has 0 aliphatic rings. The highest BCUT2D eigenvalue weighted by Crippen LogP contribution is 2.20. The largest absolute Gasteiger partial charge is 0.341 e. The fourth-order valence-electron chi connectivity index (χ4n) is 1.88. The average Bonchev–Trinajstić information content (AvgIpc) is 2.42. The van der Waals surface area contributed by atoms with E-state index in [1.807, 2.05) is 44.1 Å². The van der Waals surface area contributed by atoms with Gasteiger partial charge in [-0.15, -0.1) is 0 Å². The van der Waals surface area contributed by atoms with E-state index in [1.165, 1.54) is 6.92 Å². The van der Waals surface area contributed by atoms with E-state index >= 15 is 0 Å². The van der Waals surface area contributed by atoms with E-state index in [0.717, 1.165) is 22.3 Å². The lowest BCUT2D eigenvalue weighted by molar-refractivity contribution is -0.129. The minimum atomic E-state index is -0.0909. The normalized spacial score (nSPS) is 10.6.